The van der Waals surface area contributed by atoms with Gasteiger partial charge in [0.25, 0.3) is 5.91 Å². The number of hydrogen-bond donors (Lipinski definition) is 1. The van der Waals surface area contributed by atoms with E-state index < -0.39 is 15.9 Å². The van der Waals surface area contributed by atoms with Crippen LogP contribution in [0.15, 0.2) is 41.3 Å². The number of nitriles is 1. The Kier molecular flexibility index (Phi) is 6.84. The van der Waals surface area contributed by atoms with Crippen LogP contribution in [0, 0.1) is 11.3 Å². The van der Waals surface area contributed by atoms with Crippen molar-refractivity contribution in [3.8, 4) is 6.07 Å². The minimum atomic E-state index is -3.81. The molecular weight excluding hydrogens is 409 g/mol. The molecule has 0 aromatic heterocycles. The summed E-state index contributed by atoms with van der Waals surface area (Å²) in [5, 5.41) is 11.8. The predicted octanol–water partition coefficient (Wildman–Crippen LogP) is 4.15. The lowest BCUT2D eigenvalue weighted by Crippen LogP contribution is -2.31. The number of hydrogen-bond acceptors (Lipinski definition) is 4. The van der Waals surface area contributed by atoms with Crippen molar-refractivity contribution in [1.82, 2.24) is 4.31 Å². The van der Waals surface area contributed by atoms with Crippen LogP contribution in [0.2, 0.25) is 10.0 Å². The molecule has 1 amide bonds. The van der Waals surface area contributed by atoms with Gasteiger partial charge in [0.2, 0.25) is 10.0 Å². The Balaban J connectivity index is 2.36. The summed E-state index contributed by atoms with van der Waals surface area (Å²) in [6.45, 7) is 4.02. The highest BCUT2D eigenvalue weighted by Gasteiger charge is 2.25. The number of nitrogens with one attached hydrogen (secondary N) is 1. The minimum absolute atomic E-state index is 0.0415. The normalized spacial score (nSPS) is 11.3. The summed E-state index contributed by atoms with van der Waals surface area (Å²) >= 11 is 12.0. The smallest absolute Gasteiger partial charge is 0.255 e. The fourth-order valence-corrected chi connectivity index (χ4v) is 4.61. The maximum absolute atomic E-state index is 12.7. The number of anilines is 1. The molecule has 0 aliphatic carbocycles. The lowest BCUT2D eigenvalue weighted by molar-refractivity contribution is 0.102. The molecular formula is C18H17Cl2N3O3S. The molecule has 27 heavy (non-hydrogen) atoms. The second-order valence-electron chi connectivity index (χ2n) is 5.50. The molecule has 142 valence electrons. The molecule has 1 N–H and O–H groups in total. The van der Waals surface area contributed by atoms with E-state index in [1.165, 1.54) is 40.7 Å². The molecule has 0 unspecified atom stereocenters. The van der Waals surface area contributed by atoms with Gasteiger partial charge in [0, 0.05) is 24.3 Å². The molecule has 6 nitrogen and oxygen atoms in total. The van der Waals surface area contributed by atoms with Crippen molar-refractivity contribution in [1.29, 1.82) is 5.26 Å². The maximum atomic E-state index is 12.7. The fourth-order valence-electron chi connectivity index (χ4n) is 2.43. The SMILES string of the molecule is CCN(CC)S(=O)(=O)c1cc(C(=O)Nc2ccc(C#N)c(Cl)c2)ccc1Cl. The third-order valence-corrected chi connectivity index (χ3v) is 6.71. The lowest BCUT2D eigenvalue weighted by atomic mass is 10.2. The lowest BCUT2D eigenvalue weighted by Gasteiger charge is -2.19. The van der Waals surface area contributed by atoms with Crippen molar-refractivity contribution in [2.75, 3.05) is 18.4 Å². The molecule has 0 fully saturated rings. The van der Waals surface area contributed by atoms with E-state index in [0.29, 0.717) is 5.69 Å². The molecule has 0 saturated carbocycles. The van der Waals surface area contributed by atoms with Gasteiger partial charge < -0.3 is 5.32 Å². The highest BCUT2D eigenvalue weighted by molar-refractivity contribution is 7.89. The van der Waals surface area contributed by atoms with Crippen LogP contribution in [0.3, 0.4) is 0 Å². The molecule has 0 radical (unpaired) electrons. The summed E-state index contributed by atoms with van der Waals surface area (Å²) in [7, 11) is -3.81. The van der Waals surface area contributed by atoms with Crippen molar-refractivity contribution in [3.63, 3.8) is 0 Å². The van der Waals surface area contributed by atoms with Crippen LogP contribution >= 0.6 is 23.2 Å². The minimum Gasteiger partial charge on any atom is -0.322 e. The average Bonchev–Trinajstić information content (AvgIpc) is 2.62. The van der Waals surface area contributed by atoms with Crippen LogP contribution in [0.4, 0.5) is 5.69 Å². The van der Waals surface area contributed by atoms with Gasteiger partial charge in [-0.15, -0.1) is 0 Å². The largest absolute Gasteiger partial charge is 0.322 e. The Labute approximate surface area is 168 Å². The summed E-state index contributed by atoms with van der Waals surface area (Å²) in [5.74, 6) is -0.525. The van der Waals surface area contributed by atoms with Crippen molar-refractivity contribution in [2.45, 2.75) is 18.7 Å². The maximum Gasteiger partial charge on any atom is 0.255 e. The predicted molar refractivity (Wildman–Crippen MR) is 106 cm³/mol. The Bertz CT molecular complexity index is 1010. The van der Waals surface area contributed by atoms with E-state index in [2.05, 4.69) is 5.32 Å². The molecule has 2 aromatic carbocycles. The second-order valence-corrected chi connectivity index (χ2v) is 8.22. The van der Waals surface area contributed by atoms with Crippen LogP contribution in [0.1, 0.15) is 29.8 Å². The van der Waals surface area contributed by atoms with E-state index in [1.807, 2.05) is 6.07 Å². The van der Waals surface area contributed by atoms with Gasteiger partial charge in [-0.1, -0.05) is 37.0 Å². The molecule has 0 spiro atoms. The zero-order valence-corrected chi connectivity index (χ0v) is 17.0. The van der Waals surface area contributed by atoms with E-state index in [4.69, 9.17) is 28.5 Å². The average molecular weight is 426 g/mol. The van der Waals surface area contributed by atoms with Gasteiger partial charge >= 0.3 is 0 Å². The highest BCUT2D eigenvalue weighted by atomic mass is 35.5. The monoisotopic (exact) mass is 425 g/mol. The Morgan fingerprint density at radius 3 is 2.33 bits per heavy atom. The Hall–Kier alpha value is -2.11. The first-order valence-corrected chi connectivity index (χ1v) is 10.2. The summed E-state index contributed by atoms with van der Waals surface area (Å²) in [6, 6.07) is 10.4. The van der Waals surface area contributed by atoms with Crippen LogP contribution in [-0.4, -0.2) is 31.7 Å². The molecule has 2 rings (SSSR count). The molecule has 2 aromatic rings. The zero-order valence-electron chi connectivity index (χ0n) is 14.7. The molecule has 0 aliphatic rings. The topological polar surface area (TPSA) is 90.3 Å². The van der Waals surface area contributed by atoms with Gasteiger partial charge in [-0.05, 0) is 36.4 Å². The Morgan fingerprint density at radius 1 is 1.11 bits per heavy atom. The number of carbonyl (C=O) groups is 1. The standard InChI is InChI=1S/C18H17Cl2N3O3S/c1-3-23(4-2)27(25,26)17-9-12(6-8-15(17)19)18(24)22-14-7-5-13(11-21)16(20)10-14/h5-10H,3-4H2,1-2H3,(H,22,24). The van der Waals surface area contributed by atoms with E-state index in [0.717, 1.165) is 0 Å². The molecule has 0 aliphatic heterocycles. The van der Waals surface area contributed by atoms with Gasteiger partial charge in [-0.3, -0.25) is 4.79 Å². The Morgan fingerprint density at radius 2 is 1.78 bits per heavy atom. The number of benzene rings is 2. The van der Waals surface area contributed by atoms with Crippen molar-refractivity contribution in [3.05, 3.63) is 57.6 Å². The summed E-state index contributed by atoms with van der Waals surface area (Å²) < 4.78 is 26.7. The number of amides is 1. The molecule has 0 bridgehead atoms. The van der Waals surface area contributed by atoms with Gasteiger partial charge in [-0.25, -0.2) is 8.42 Å². The number of rotatable bonds is 6. The number of carbonyl (C=O) groups excluding carboxylic acids is 1. The molecule has 0 saturated heterocycles. The summed E-state index contributed by atoms with van der Waals surface area (Å²) in [4.78, 5) is 12.4. The first-order chi connectivity index (χ1) is 12.7. The van der Waals surface area contributed by atoms with Crippen molar-refractivity contribution in [2.24, 2.45) is 0 Å². The van der Waals surface area contributed by atoms with Gasteiger partial charge in [0.05, 0.1) is 15.6 Å². The number of sulfonamides is 1. The third kappa shape index (κ3) is 4.60. The van der Waals surface area contributed by atoms with Gasteiger partial charge in [0.1, 0.15) is 11.0 Å². The van der Waals surface area contributed by atoms with Gasteiger partial charge in [0.15, 0.2) is 0 Å². The summed E-state index contributed by atoms with van der Waals surface area (Å²) in [6.07, 6.45) is 0. The quantitative estimate of drug-likeness (QED) is 0.752. The molecule has 0 atom stereocenters. The van der Waals surface area contributed by atoms with Crippen LogP contribution in [0.5, 0.6) is 0 Å². The van der Waals surface area contributed by atoms with E-state index >= 15 is 0 Å². The van der Waals surface area contributed by atoms with Crippen molar-refractivity contribution < 1.29 is 13.2 Å². The molecule has 9 heteroatoms. The van der Waals surface area contributed by atoms with E-state index in [1.54, 1.807) is 13.8 Å². The summed E-state index contributed by atoms with van der Waals surface area (Å²) in [5.41, 5.74) is 0.798. The third-order valence-electron chi connectivity index (χ3n) is 3.86. The zero-order chi connectivity index (χ0) is 20.2. The molecule has 0 heterocycles. The highest BCUT2D eigenvalue weighted by Crippen LogP contribution is 2.27. The first kappa shape index (κ1) is 21.2. The number of nitrogens with zero attached hydrogens (tertiary/aromatic N) is 2. The van der Waals surface area contributed by atoms with Crippen LogP contribution in [-0.2, 0) is 10.0 Å². The van der Waals surface area contributed by atoms with E-state index in [9.17, 15) is 13.2 Å². The first-order valence-electron chi connectivity index (χ1n) is 8.05. The van der Waals surface area contributed by atoms with Crippen molar-refractivity contribution >= 4 is 44.8 Å². The van der Waals surface area contributed by atoms with Crippen LogP contribution in [0.25, 0.3) is 0 Å². The fraction of sp³-hybridized carbons (Fsp3) is 0.222. The van der Waals surface area contributed by atoms with Gasteiger partial charge in [-0.2, -0.15) is 9.57 Å². The second kappa shape index (κ2) is 8.72. The number of halogens is 2. The van der Waals surface area contributed by atoms with E-state index in [-0.39, 0.29) is 39.2 Å². The van der Waals surface area contributed by atoms with Crippen LogP contribution < -0.4 is 5.32 Å².